The lowest BCUT2D eigenvalue weighted by Crippen LogP contribution is -2.20. The first-order chi connectivity index (χ1) is 17.4. The minimum absolute atomic E-state index is 0.0666. The average molecular weight is 509 g/mol. The fourth-order valence-electron chi connectivity index (χ4n) is 5.27. The summed E-state index contributed by atoms with van der Waals surface area (Å²) in [4.78, 5) is 23.5. The molecular weight excluding hydrogens is 448 g/mol. The normalized spacial score (nSPS) is 17.1. The first-order valence-corrected chi connectivity index (χ1v) is 15.7. The number of rotatable bonds is 16. The minimum atomic E-state index is 0.0666. The second-order valence-electron chi connectivity index (χ2n) is 12.2. The molecule has 0 aliphatic heterocycles. The predicted molar refractivity (Wildman–Crippen MR) is 151 cm³/mol. The van der Waals surface area contributed by atoms with Crippen molar-refractivity contribution < 1.29 is 19.1 Å². The highest BCUT2D eigenvalue weighted by Gasteiger charge is 2.22. The van der Waals surface area contributed by atoms with Crippen LogP contribution in [0.15, 0.2) is 0 Å². The molecular formula is C32H60O4. The highest BCUT2D eigenvalue weighted by atomic mass is 16.5. The number of ether oxygens (including phenoxy) is 2. The van der Waals surface area contributed by atoms with Crippen LogP contribution in [0.1, 0.15) is 156 Å². The van der Waals surface area contributed by atoms with Crippen molar-refractivity contribution in [2.45, 2.75) is 156 Å². The molecule has 4 nitrogen and oxygen atoms in total. The molecule has 0 N–H and O–H groups in total. The number of carbonyl (C=O) groups is 2. The largest absolute Gasteiger partial charge is 0.465 e. The van der Waals surface area contributed by atoms with Crippen LogP contribution in [0.4, 0.5) is 0 Å². The Kier molecular flexibility index (Phi) is 20.1. The molecule has 0 amide bonds. The van der Waals surface area contributed by atoms with Crippen molar-refractivity contribution in [3.63, 3.8) is 0 Å². The molecule has 2 fully saturated rings. The molecule has 0 aromatic carbocycles. The quantitative estimate of drug-likeness (QED) is 0.154. The summed E-state index contributed by atoms with van der Waals surface area (Å²) >= 11 is 0. The van der Waals surface area contributed by atoms with Crippen LogP contribution >= 0.6 is 0 Å². The van der Waals surface area contributed by atoms with E-state index in [0.717, 1.165) is 50.4 Å². The van der Waals surface area contributed by atoms with Crippen molar-refractivity contribution in [1.29, 1.82) is 0 Å². The summed E-state index contributed by atoms with van der Waals surface area (Å²) in [7, 11) is 0. The SMILES string of the molecule is CC(C)CCCCCCOC(=O)C1CCCCC1.CC(C)CCCCCCOC(=O)C1CCCCC1. The van der Waals surface area contributed by atoms with Gasteiger partial charge in [0.05, 0.1) is 25.0 Å². The van der Waals surface area contributed by atoms with E-state index in [1.165, 1.54) is 89.9 Å². The van der Waals surface area contributed by atoms with Crippen LogP contribution in [0, 0.1) is 23.7 Å². The number of hydrogen-bond acceptors (Lipinski definition) is 4. The third-order valence-corrected chi connectivity index (χ3v) is 7.72. The van der Waals surface area contributed by atoms with Crippen LogP contribution in [-0.2, 0) is 19.1 Å². The zero-order valence-corrected chi connectivity index (χ0v) is 24.5. The molecule has 0 saturated heterocycles. The van der Waals surface area contributed by atoms with E-state index in [9.17, 15) is 9.59 Å². The van der Waals surface area contributed by atoms with Gasteiger partial charge in [-0.15, -0.1) is 0 Å². The molecule has 2 rings (SSSR count). The van der Waals surface area contributed by atoms with Crippen molar-refractivity contribution in [2.75, 3.05) is 13.2 Å². The van der Waals surface area contributed by atoms with Gasteiger partial charge in [-0.1, -0.05) is 118 Å². The van der Waals surface area contributed by atoms with Gasteiger partial charge in [-0.3, -0.25) is 9.59 Å². The summed E-state index contributed by atoms with van der Waals surface area (Å²) < 4.78 is 10.7. The molecule has 0 aromatic heterocycles. The van der Waals surface area contributed by atoms with Crippen LogP contribution in [0.3, 0.4) is 0 Å². The highest BCUT2D eigenvalue weighted by Crippen LogP contribution is 2.25. The summed E-state index contributed by atoms with van der Waals surface area (Å²) in [5, 5.41) is 0. The number of carbonyl (C=O) groups excluding carboxylic acids is 2. The Morgan fingerprint density at radius 2 is 0.861 bits per heavy atom. The van der Waals surface area contributed by atoms with Crippen LogP contribution in [0.5, 0.6) is 0 Å². The maximum atomic E-state index is 11.8. The van der Waals surface area contributed by atoms with E-state index in [0.29, 0.717) is 13.2 Å². The summed E-state index contributed by atoms with van der Waals surface area (Å²) in [5.41, 5.74) is 0. The molecule has 0 radical (unpaired) electrons. The maximum absolute atomic E-state index is 11.8. The Labute approximate surface area is 224 Å². The summed E-state index contributed by atoms with van der Waals surface area (Å²) in [5.74, 6) is 2.18. The summed E-state index contributed by atoms with van der Waals surface area (Å²) in [6.07, 6.45) is 23.9. The lowest BCUT2D eigenvalue weighted by molar-refractivity contribution is -0.150. The Balaban J connectivity index is 0.000000360. The fraction of sp³-hybridized carbons (Fsp3) is 0.938. The van der Waals surface area contributed by atoms with Crippen LogP contribution in [0.25, 0.3) is 0 Å². The van der Waals surface area contributed by atoms with Gasteiger partial charge in [0.2, 0.25) is 0 Å². The Morgan fingerprint density at radius 3 is 1.19 bits per heavy atom. The zero-order chi connectivity index (χ0) is 26.4. The molecule has 2 saturated carbocycles. The van der Waals surface area contributed by atoms with Crippen molar-refractivity contribution >= 4 is 11.9 Å². The van der Waals surface area contributed by atoms with Crippen LogP contribution in [-0.4, -0.2) is 25.2 Å². The van der Waals surface area contributed by atoms with Gasteiger partial charge in [-0.2, -0.15) is 0 Å². The third kappa shape index (κ3) is 18.2. The number of hydrogen-bond donors (Lipinski definition) is 0. The van der Waals surface area contributed by atoms with Crippen molar-refractivity contribution in [3.8, 4) is 0 Å². The minimum Gasteiger partial charge on any atom is -0.465 e. The van der Waals surface area contributed by atoms with Gasteiger partial charge in [0.1, 0.15) is 0 Å². The Morgan fingerprint density at radius 1 is 0.528 bits per heavy atom. The van der Waals surface area contributed by atoms with Crippen LogP contribution < -0.4 is 0 Å². The third-order valence-electron chi connectivity index (χ3n) is 7.72. The molecule has 4 heteroatoms. The molecule has 0 bridgehead atoms. The molecule has 0 heterocycles. The predicted octanol–water partition coefficient (Wildman–Crippen LogP) is 9.43. The average Bonchev–Trinajstić information content (AvgIpc) is 2.88. The van der Waals surface area contributed by atoms with E-state index in [1.807, 2.05) is 0 Å². The molecule has 0 atom stereocenters. The first-order valence-electron chi connectivity index (χ1n) is 15.7. The maximum Gasteiger partial charge on any atom is 0.308 e. The van der Waals surface area contributed by atoms with Crippen molar-refractivity contribution in [3.05, 3.63) is 0 Å². The van der Waals surface area contributed by atoms with Gasteiger partial charge < -0.3 is 9.47 Å². The van der Waals surface area contributed by atoms with Crippen molar-refractivity contribution in [1.82, 2.24) is 0 Å². The molecule has 2 aliphatic rings. The standard InChI is InChI=1S/2C16H30O2/c2*1-14(2)10-6-3-4-9-13-18-16(17)15-11-7-5-8-12-15/h2*14-15H,3-13H2,1-2H3. The van der Waals surface area contributed by atoms with E-state index >= 15 is 0 Å². The van der Waals surface area contributed by atoms with Gasteiger partial charge in [0, 0.05) is 0 Å². The topological polar surface area (TPSA) is 52.6 Å². The number of unbranched alkanes of at least 4 members (excludes halogenated alkanes) is 6. The summed E-state index contributed by atoms with van der Waals surface area (Å²) in [6, 6.07) is 0. The lowest BCUT2D eigenvalue weighted by atomic mass is 9.89. The van der Waals surface area contributed by atoms with Gasteiger partial charge in [0.25, 0.3) is 0 Å². The van der Waals surface area contributed by atoms with Gasteiger partial charge >= 0.3 is 11.9 Å². The van der Waals surface area contributed by atoms with Crippen LogP contribution in [0.2, 0.25) is 0 Å². The van der Waals surface area contributed by atoms with Gasteiger partial charge in [-0.05, 0) is 50.4 Å². The van der Waals surface area contributed by atoms with Crippen molar-refractivity contribution in [2.24, 2.45) is 23.7 Å². The highest BCUT2D eigenvalue weighted by molar-refractivity contribution is 5.72. The Hall–Kier alpha value is -1.06. The van der Waals surface area contributed by atoms with E-state index in [1.54, 1.807) is 0 Å². The first kappa shape index (κ1) is 33.0. The van der Waals surface area contributed by atoms with E-state index in [2.05, 4.69) is 27.7 Å². The Bertz CT molecular complexity index is 482. The molecule has 36 heavy (non-hydrogen) atoms. The second kappa shape index (κ2) is 22.0. The fourth-order valence-corrected chi connectivity index (χ4v) is 5.27. The molecule has 2 aliphatic carbocycles. The molecule has 0 unspecified atom stereocenters. The van der Waals surface area contributed by atoms with E-state index in [-0.39, 0.29) is 23.8 Å². The van der Waals surface area contributed by atoms with E-state index in [4.69, 9.17) is 9.47 Å². The molecule has 212 valence electrons. The molecule has 0 aromatic rings. The van der Waals surface area contributed by atoms with Gasteiger partial charge in [-0.25, -0.2) is 0 Å². The number of esters is 2. The van der Waals surface area contributed by atoms with E-state index < -0.39 is 0 Å². The molecule has 0 spiro atoms. The monoisotopic (exact) mass is 508 g/mol. The lowest BCUT2D eigenvalue weighted by Gasteiger charge is -2.19. The van der Waals surface area contributed by atoms with Gasteiger partial charge in [0.15, 0.2) is 0 Å². The second-order valence-corrected chi connectivity index (χ2v) is 12.2. The zero-order valence-electron chi connectivity index (χ0n) is 24.5. The summed E-state index contributed by atoms with van der Waals surface area (Å²) in [6.45, 7) is 10.4. The smallest absolute Gasteiger partial charge is 0.308 e.